The van der Waals surface area contributed by atoms with Gasteiger partial charge in [0.1, 0.15) is 0 Å². The lowest BCUT2D eigenvalue weighted by atomic mass is 10.0. The summed E-state index contributed by atoms with van der Waals surface area (Å²) in [4.78, 5) is 34.5. The molecule has 0 bridgehead atoms. The Bertz CT molecular complexity index is 1250. The first-order valence-corrected chi connectivity index (χ1v) is 9.97. The van der Waals surface area contributed by atoms with Crippen LogP contribution in [-0.2, 0) is 12.3 Å². The summed E-state index contributed by atoms with van der Waals surface area (Å²) in [5, 5.41) is 14.4. The van der Waals surface area contributed by atoms with E-state index >= 15 is 0 Å². The molecule has 31 heavy (non-hydrogen) atoms. The highest BCUT2D eigenvalue weighted by Crippen LogP contribution is 2.37. The van der Waals surface area contributed by atoms with E-state index in [0.717, 1.165) is 11.1 Å². The third-order valence-electron chi connectivity index (χ3n) is 5.56. The Morgan fingerprint density at radius 1 is 1.00 bits per heavy atom. The number of carbonyl (C=O) groups is 2. The van der Waals surface area contributed by atoms with E-state index in [2.05, 4.69) is 15.3 Å². The lowest BCUT2D eigenvalue weighted by molar-refractivity contribution is -0.0848. The zero-order chi connectivity index (χ0) is 21.4. The number of aliphatic hydroxyl groups is 1. The Labute approximate surface area is 178 Å². The van der Waals surface area contributed by atoms with Crippen molar-refractivity contribution in [1.29, 1.82) is 0 Å². The number of carbonyl (C=O) groups excluding carboxylic acids is 2. The summed E-state index contributed by atoms with van der Waals surface area (Å²) in [6, 6.07) is 23.7. The number of H-pyrrole nitrogens is 1. The molecule has 0 saturated heterocycles. The molecule has 3 N–H and O–H groups in total. The molecule has 0 fully saturated rings. The van der Waals surface area contributed by atoms with Crippen molar-refractivity contribution in [3.63, 3.8) is 0 Å². The lowest BCUT2D eigenvalue weighted by Gasteiger charge is -2.34. The number of para-hydroxylation sites is 2. The van der Waals surface area contributed by atoms with Gasteiger partial charge in [0.05, 0.1) is 17.6 Å². The van der Waals surface area contributed by atoms with Crippen LogP contribution < -0.4 is 5.32 Å². The Morgan fingerprint density at radius 2 is 1.71 bits per heavy atom. The molecule has 1 aliphatic heterocycles. The number of amides is 2. The van der Waals surface area contributed by atoms with Crippen LogP contribution >= 0.6 is 0 Å². The summed E-state index contributed by atoms with van der Waals surface area (Å²) in [5.74, 6) is -0.585. The molecule has 5 rings (SSSR count). The highest BCUT2D eigenvalue weighted by atomic mass is 16.3. The number of nitrogens with one attached hydrogen (secondary N) is 2. The average Bonchev–Trinajstić information content (AvgIpc) is 3.33. The molecule has 1 aliphatic rings. The zero-order valence-electron chi connectivity index (χ0n) is 16.6. The van der Waals surface area contributed by atoms with Crippen LogP contribution in [0.15, 0.2) is 78.9 Å². The number of aromatic nitrogens is 2. The molecular formula is C24H20N4O3. The fourth-order valence-corrected chi connectivity index (χ4v) is 3.98. The van der Waals surface area contributed by atoms with Crippen LogP contribution in [0.3, 0.4) is 0 Å². The standard InChI is InChI=1S/C24H20N4O3/c29-22(21-26-19-12-6-7-13-20(19)27-21)25-15-24(31)18-11-5-4-10-17(18)23(30)28(24)14-16-8-2-1-3-9-16/h1-13,31H,14-15H2,(H,25,29)(H,26,27). The summed E-state index contributed by atoms with van der Waals surface area (Å²) in [6.07, 6.45) is 0. The van der Waals surface area contributed by atoms with Crippen molar-refractivity contribution in [3.05, 3.63) is 101 Å². The van der Waals surface area contributed by atoms with Gasteiger partial charge in [0, 0.05) is 17.7 Å². The second kappa shape index (κ2) is 7.37. The molecule has 1 aromatic heterocycles. The van der Waals surface area contributed by atoms with Gasteiger partial charge in [-0.25, -0.2) is 4.98 Å². The number of imidazole rings is 1. The number of rotatable bonds is 5. The first kappa shape index (κ1) is 19.0. The van der Waals surface area contributed by atoms with Crippen molar-refractivity contribution in [2.45, 2.75) is 12.3 Å². The smallest absolute Gasteiger partial charge is 0.287 e. The van der Waals surface area contributed by atoms with Crippen molar-refractivity contribution >= 4 is 22.8 Å². The monoisotopic (exact) mass is 412 g/mol. The molecule has 4 aromatic rings. The van der Waals surface area contributed by atoms with Crippen LogP contribution in [0.1, 0.15) is 32.1 Å². The Morgan fingerprint density at radius 3 is 2.52 bits per heavy atom. The van der Waals surface area contributed by atoms with E-state index in [9.17, 15) is 14.7 Å². The number of benzene rings is 3. The third kappa shape index (κ3) is 3.25. The van der Waals surface area contributed by atoms with Crippen LogP contribution in [0.25, 0.3) is 11.0 Å². The van der Waals surface area contributed by atoms with E-state index in [1.54, 1.807) is 24.3 Å². The van der Waals surface area contributed by atoms with E-state index in [1.165, 1.54) is 4.90 Å². The normalized spacial score (nSPS) is 17.7. The van der Waals surface area contributed by atoms with Gasteiger partial charge in [0.25, 0.3) is 11.8 Å². The van der Waals surface area contributed by atoms with E-state index in [4.69, 9.17) is 0 Å². The maximum atomic E-state index is 13.1. The minimum absolute atomic E-state index is 0.150. The molecule has 0 saturated carbocycles. The second-order valence-electron chi connectivity index (χ2n) is 7.52. The van der Waals surface area contributed by atoms with Crippen LogP contribution in [0.4, 0.5) is 0 Å². The van der Waals surface area contributed by atoms with E-state index in [1.807, 2.05) is 54.6 Å². The molecular weight excluding hydrogens is 392 g/mol. The van der Waals surface area contributed by atoms with Crippen LogP contribution in [0.2, 0.25) is 0 Å². The van der Waals surface area contributed by atoms with Gasteiger partial charge in [0.2, 0.25) is 0 Å². The van der Waals surface area contributed by atoms with Crippen molar-refractivity contribution in [3.8, 4) is 0 Å². The molecule has 2 heterocycles. The third-order valence-corrected chi connectivity index (χ3v) is 5.56. The summed E-state index contributed by atoms with van der Waals surface area (Å²) in [6.45, 7) is 0.0455. The predicted molar refractivity (Wildman–Crippen MR) is 115 cm³/mol. The number of aromatic amines is 1. The van der Waals surface area contributed by atoms with Crippen LogP contribution in [0.5, 0.6) is 0 Å². The first-order valence-electron chi connectivity index (χ1n) is 9.97. The first-order chi connectivity index (χ1) is 15.1. The average molecular weight is 412 g/mol. The number of nitrogens with zero attached hydrogens (tertiary/aromatic N) is 2. The largest absolute Gasteiger partial charge is 0.365 e. The molecule has 154 valence electrons. The van der Waals surface area contributed by atoms with Crippen LogP contribution in [0, 0.1) is 0 Å². The predicted octanol–water partition coefficient (Wildman–Crippen LogP) is 2.79. The molecule has 0 aliphatic carbocycles. The maximum Gasteiger partial charge on any atom is 0.287 e. The molecule has 3 aromatic carbocycles. The maximum absolute atomic E-state index is 13.1. The van der Waals surface area contributed by atoms with Gasteiger partial charge in [-0.2, -0.15) is 0 Å². The number of hydrogen-bond donors (Lipinski definition) is 3. The summed E-state index contributed by atoms with van der Waals surface area (Å²) < 4.78 is 0. The van der Waals surface area contributed by atoms with E-state index in [-0.39, 0.29) is 24.8 Å². The van der Waals surface area contributed by atoms with Crippen molar-refractivity contribution in [1.82, 2.24) is 20.2 Å². The van der Waals surface area contributed by atoms with E-state index in [0.29, 0.717) is 16.6 Å². The topological polar surface area (TPSA) is 98.3 Å². The second-order valence-corrected chi connectivity index (χ2v) is 7.52. The molecule has 7 heteroatoms. The van der Waals surface area contributed by atoms with Gasteiger partial charge in [-0.3, -0.25) is 9.59 Å². The van der Waals surface area contributed by atoms with Gasteiger partial charge < -0.3 is 20.3 Å². The molecule has 1 atom stereocenters. The van der Waals surface area contributed by atoms with Crippen molar-refractivity contribution < 1.29 is 14.7 Å². The van der Waals surface area contributed by atoms with Gasteiger partial charge in [-0.1, -0.05) is 60.7 Å². The Kier molecular flexibility index (Phi) is 4.52. The molecule has 7 nitrogen and oxygen atoms in total. The quantitative estimate of drug-likeness (QED) is 0.469. The SMILES string of the molecule is O=C(NCC1(O)c2ccccc2C(=O)N1Cc1ccccc1)c1nc2ccccc2[nH]1. The zero-order valence-corrected chi connectivity index (χ0v) is 16.6. The Balaban J connectivity index is 1.43. The highest BCUT2D eigenvalue weighted by molar-refractivity contribution is 6.00. The molecule has 0 radical (unpaired) electrons. The van der Waals surface area contributed by atoms with Crippen LogP contribution in [-0.4, -0.2) is 38.3 Å². The van der Waals surface area contributed by atoms with Gasteiger partial charge in [-0.15, -0.1) is 0 Å². The van der Waals surface area contributed by atoms with Gasteiger partial charge in [0.15, 0.2) is 11.5 Å². The fraction of sp³-hybridized carbons (Fsp3) is 0.125. The summed E-state index contributed by atoms with van der Waals surface area (Å²) in [5.41, 5.74) is 1.54. The molecule has 0 spiro atoms. The molecule has 2 amide bonds. The van der Waals surface area contributed by atoms with Gasteiger partial charge in [-0.05, 0) is 23.8 Å². The summed E-state index contributed by atoms with van der Waals surface area (Å²) >= 11 is 0. The van der Waals surface area contributed by atoms with Gasteiger partial charge >= 0.3 is 0 Å². The number of hydrogen-bond acceptors (Lipinski definition) is 4. The highest BCUT2D eigenvalue weighted by Gasteiger charge is 2.48. The summed E-state index contributed by atoms with van der Waals surface area (Å²) in [7, 11) is 0. The lowest BCUT2D eigenvalue weighted by Crippen LogP contribution is -2.51. The van der Waals surface area contributed by atoms with Crippen molar-refractivity contribution in [2.75, 3.05) is 6.54 Å². The van der Waals surface area contributed by atoms with E-state index < -0.39 is 11.6 Å². The molecule has 1 unspecified atom stereocenters. The minimum atomic E-state index is -1.68. The Hall–Kier alpha value is -3.97. The fourth-order valence-electron chi connectivity index (χ4n) is 3.98. The van der Waals surface area contributed by atoms with Crippen molar-refractivity contribution in [2.24, 2.45) is 0 Å². The minimum Gasteiger partial charge on any atom is -0.365 e. The number of fused-ring (bicyclic) bond motifs is 2.